The number of thiophene rings is 1. The highest BCUT2D eigenvalue weighted by Gasteiger charge is 2.41. The zero-order valence-corrected chi connectivity index (χ0v) is 14.1. The summed E-state index contributed by atoms with van der Waals surface area (Å²) in [5, 5.41) is 6.03. The Labute approximate surface area is 133 Å². The minimum absolute atomic E-state index is 0.213. The van der Waals surface area contributed by atoms with Crippen molar-refractivity contribution in [3.05, 3.63) is 22.4 Å². The highest BCUT2D eigenvalue weighted by atomic mass is 32.1. The van der Waals surface area contributed by atoms with Gasteiger partial charge in [0.15, 0.2) is 0 Å². The molecule has 1 aliphatic carbocycles. The van der Waals surface area contributed by atoms with Crippen LogP contribution in [0.1, 0.15) is 69.2 Å². The van der Waals surface area contributed by atoms with Crippen molar-refractivity contribution >= 4 is 11.3 Å². The van der Waals surface area contributed by atoms with E-state index < -0.39 is 0 Å². The first-order chi connectivity index (χ1) is 10.3. The Morgan fingerprint density at radius 2 is 2.24 bits per heavy atom. The van der Waals surface area contributed by atoms with Crippen LogP contribution >= 0.6 is 11.3 Å². The van der Waals surface area contributed by atoms with Crippen LogP contribution in [0.3, 0.4) is 0 Å². The second-order valence-corrected chi connectivity index (χ2v) is 7.77. The Morgan fingerprint density at radius 1 is 1.38 bits per heavy atom. The Kier molecular flexibility index (Phi) is 5.36. The van der Waals surface area contributed by atoms with Crippen LogP contribution in [0.2, 0.25) is 0 Å². The summed E-state index contributed by atoms with van der Waals surface area (Å²) < 4.78 is 6.28. The molecule has 0 radical (unpaired) electrons. The van der Waals surface area contributed by atoms with E-state index in [-0.39, 0.29) is 5.60 Å². The third-order valence-corrected chi connectivity index (χ3v) is 6.19. The van der Waals surface area contributed by atoms with E-state index in [9.17, 15) is 0 Å². The van der Waals surface area contributed by atoms with Crippen LogP contribution in [0.25, 0.3) is 0 Å². The summed E-state index contributed by atoms with van der Waals surface area (Å²) in [7, 11) is 0. The van der Waals surface area contributed by atoms with Crippen LogP contribution in [0.15, 0.2) is 17.5 Å². The lowest BCUT2D eigenvalue weighted by molar-refractivity contribution is -0.122. The van der Waals surface area contributed by atoms with E-state index in [2.05, 4.69) is 29.8 Å². The van der Waals surface area contributed by atoms with Gasteiger partial charge in [-0.1, -0.05) is 32.3 Å². The molecule has 1 spiro atoms. The van der Waals surface area contributed by atoms with Gasteiger partial charge in [-0.25, -0.2) is 0 Å². The minimum atomic E-state index is 0.213. The van der Waals surface area contributed by atoms with E-state index in [1.165, 1.54) is 56.2 Å². The van der Waals surface area contributed by atoms with Crippen LogP contribution < -0.4 is 5.32 Å². The molecule has 3 heteroatoms. The summed E-state index contributed by atoms with van der Waals surface area (Å²) in [6.07, 6.45) is 10.4. The number of rotatable bonds is 5. The summed E-state index contributed by atoms with van der Waals surface area (Å²) >= 11 is 1.91. The Bertz CT molecular complexity index is 405. The molecule has 118 valence electrons. The van der Waals surface area contributed by atoms with Crippen LogP contribution in [0, 0.1) is 5.92 Å². The first kappa shape index (κ1) is 15.5. The van der Waals surface area contributed by atoms with Crippen molar-refractivity contribution in [1.29, 1.82) is 0 Å². The average Bonchev–Trinajstić information content (AvgIpc) is 3.03. The first-order valence-electron chi connectivity index (χ1n) is 8.74. The second-order valence-electron chi connectivity index (χ2n) is 6.79. The van der Waals surface area contributed by atoms with E-state index in [1.807, 2.05) is 11.3 Å². The van der Waals surface area contributed by atoms with Crippen molar-refractivity contribution in [3.63, 3.8) is 0 Å². The fourth-order valence-electron chi connectivity index (χ4n) is 4.16. The lowest BCUT2D eigenvalue weighted by Crippen LogP contribution is -2.44. The molecule has 2 unspecified atom stereocenters. The molecule has 2 atom stereocenters. The molecule has 3 rings (SSSR count). The molecule has 1 aliphatic heterocycles. The number of nitrogens with one attached hydrogen (secondary N) is 1. The molecule has 2 fully saturated rings. The van der Waals surface area contributed by atoms with Gasteiger partial charge in [-0.2, -0.15) is 0 Å². The van der Waals surface area contributed by atoms with Crippen molar-refractivity contribution < 1.29 is 4.74 Å². The summed E-state index contributed by atoms with van der Waals surface area (Å²) in [4.78, 5) is 1.52. The molecule has 0 amide bonds. The zero-order chi connectivity index (χ0) is 14.5. The van der Waals surface area contributed by atoms with Crippen LogP contribution in [-0.2, 0) is 4.74 Å². The standard InChI is InChI=1S/C18H29NOS/c1-2-11-19-17(16-7-6-13-21-16)15-8-12-20-18(14-15)9-4-3-5-10-18/h6-7,13,15,17,19H,2-5,8-12,14H2,1H3. The maximum Gasteiger partial charge on any atom is 0.0686 e. The van der Waals surface area contributed by atoms with E-state index >= 15 is 0 Å². The maximum atomic E-state index is 6.28. The van der Waals surface area contributed by atoms with Crippen molar-refractivity contribution in [3.8, 4) is 0 Å². The van der Waals surface area contributed by atoms with Gasteiger partial charge in [0.2, 0.25) is 0 Å². The van der Waals surface area contributed by atoms with Gasteiger partial charge < -0.3 is 10.1 Å². The van der Waals surface area contributed by atoms with Gasteiger partial charge in [-0.3, -0.25) is 0 Å². The van der Waals surface area contributed by atoms with Crippen molar-refractivity contribution in [2.75, 3.05) is 13.2 Å². The number of ether oxygens (including phenoxy) is 1. The Hall–Kier alpha value is -0.380. The fraction of sp³-hybridized carbons (Fsp3) is 0.778. The topological polar surface area (TPSA) is 21.3 Å². The lowest BCUT2D eigenvalue weighted by Gasteiger charge is -2.45. The molecule has 2 aliphatic rings. The van der Waals surface area contributed by atoms with Gasteiger partial charge in [0, 0.05) is 17.5 Å². The predicted molar refractivity (Wildman–Crippen MR) is 89.8 cm³/mol. The SMILES string of the molecule is CCCNC(c1cccs1)C1CCOC2(CCCCC2)C1. The Morgan fingerprint density at radius 3 is 2.95 bits per heavy atom. The summed E-state index contributed by atoms with van der Waals surface area (Å²) in [6.45, 7) is 4.33. The summed E-state index contributed by atoms with van der Waals surface area (Å²) in [6, 6.07) is 5.03. The van der Waals surface area contributed by atoms with Gasteiger partial charge >= 0.3 is 0 Å². The molecular formula is C18H29NOS. The molecule has 1 N–H and O–H groups in total. The van der Waals surface area contributed by atoms with Gasteiger partial charge in [-0.15, -0.1) is 11.3 Å². The van der Waals surface area contributed by atoms with Crippen LogP contribution in [0.5, 0.6) is 0 Å². The average molecular weight is 308 g/mol. The minimum Gasteiger partial charge on any atom is -0.375 e. The third kappa shape index (κ3) is 3.69. The summed E-state index contributed by atoms with van der Waals surface area (Å²) in [5.74, 6) is 0.738. The smallest absolute Gasteiger partial charge is 0.0686 e. The quantitative estimate of drug-likeness (QED) is 0.834. The molecule has 21 heavy (non-hydrogen) atoms. The molecule has 1 aromatic rings. The van der Waals surface area contributed by atoms with Gasteiger partial charge in [0.1, 0.15) is 0 Å². The number of hydrogen-bond donors (Lipinski definition) is 1. The fourth-order valence-corrected chi connectivity index (χ4v) is 5.06. The van der Waals surface area contributed by atoms with E-state index in [0.717, 1.165) is 19.1 Å². The molecule has 2 nitrogen and oxygen atoms in total. The van der Waals surface area contributed by atoms with Gasteiger partial charge in [-0.05, 0) is 56.0 Å². The van der Waals surface area contributed by atoms with Crippen LogP contribution in [-0.4, -0.2) is 18.8 Å². The highest BCUT2D eigenvalue weighted by molar-refractivity contribution is 7.10. The molecule has 0 bridgehead atoms. The van der Waals surface area contributed by atoms with Crippen LogP contribution in [0.4, 0.5) is 0 Å². The monoisotopic (exact) mass is 307 g/mol. The maximum absolute atomic E-state index is 6.28. The van der Waals surface area contributed by atoms with Gasteiger partial charge in [0.05, 0.1) is 5.60 Å². The second kappa shape index (κ2) is 7.26. The Balaban J connectivity index is 1.72. The van der Waals surface area contributed by atoms with E-state index in [4.69, 9.17) is 4.74 Å². The molecule has 1 aromatic heterocycles. The molecular weight excluding hydrogens is 278 g/mol. The molecule has 1 saturated heterocycles. The highest BCUT2D eigenvalue weighted by Crippen LogP contribution is 2.44. The predicted octanol–water partition coefficient (Wildman–Crippen LogP) is 4.92. The summed E-state index contributed by atoms with van der Waals surface area (Å²) in [5.41, 5.74) is 0.213. The van der Waals surface area contributed by atoms with E-state index in [0.29, 0.717) is 6.04 Å². The van der Waals surface area contributed by atoms with Crippen molar-refractivity contribution in [2.45, 2.75) is 69.9 Å². The normalized spacial score (nSPS) is 26.8. The molecule has 0 aromatic carbocycles. The molecule has 2 heterocycles. The number of hydrogen-bond acceptors (Lipinski definition) is 3. The zero-order valence-electron chi connectivity index (χ0n) is 13.3. The van der Waals surface area contributed by atoms with Crippen molar-refractivity contribution in [2.24, 2.45) is 5.92 Å². The largest absolute Gasteiger partial charge is 0.375 e. The first-order valence-corrected chi connectivity index (χ1v) is 9.62. The lowest BCUT2D eigenvalue weighted by atomic mass is 9.74. The molecule has 1 saturated carbocycles. The van der Waals surface area contributed by atoms with Crippen molar-refractivity contribution in [1.82, 2.24) is 5.32 Å². The van der Waals surface area contributed by atoms with E-state index in [1.54, 1.807) is 0 Å². The third-order valence-electron chi connectivity index (χ3n) is 5.23. The van der Waals surface area contributed by atoms with Gasteiger partial charge in [0.25, 0.3) is 0 Å².